The number of nitrogens with zero attached hydrogens (tertiary/aromatic N) is 2. The van der Waals surface area contributed by atoms with Crippen molar-refractivity contribution < 1.29 is 9.90 Å². The quantitative estimate of drug-likeness (QED) is 0.793. The second kappa shape index (κ2) is 6.89. The van der Waals surface area contributed by atoms with Crippen LogP contribution in [-0.2, 0) is 0 Å². The summed E-state index contributed by atoms with van der Waals surface area (Å²) in [5.74, 6) is 5.54. The van der Waals surface area contributed by atoms with E-state index < -0.39 is 0 Å². The van der Waals surface area contributed by atoms with Gasteiger partial charge in [0.05, 0.1) is 9.75 Å². The van der Waals surface area contributed by atoms with Crippen molar-refractivity contribution >= 4 is 17.2 Å². The molecule has 20 heavy (non-hydrogen) atoms. The lowest BCUT2D eigenvalue weighted by molar-refractivity contribution is 0.0701. The van der Waals surface area contributed by atoms with Gasteiger partial charge in [0, 0.05) is 19.1 Å². The molecule has 2 rings (SSSR count). The van der Waals surface area contributed by atoms with E-state index in [2.05, 4.69) is 30.7 Å². The zero-order valence-corrected chi connectivity index (χ0v) is 12.7. The van der Waals surface area contributed by atoms with E-state index in [4.69, 9.17) is 5.11 Å². The van der Waals surface area contributed by atoms with Gasteiger partial charge in [0.2, 0.25) is 0 Å². The summed E-state index contributed by atoms with van der Waals surface area (Å²) >= 11 is 1.39. The van der Waals surface area contributed by atoms with Crippen LogP contribution in [0.3, 0.4) is 0 Å². The van der Waals surface area contributed by atoms with Gasteiger partial charge in [-0.2, -0.15) is 0 Å². The van der Waals surface area contributed by atoms with Gasteiger partial charge in [-0.25, -0.2) is 0 Å². The van der Waals surface area contributed by atoms with Crippen LogP contribution in [0, 0.1) is 11.8 Å². The van der Waals surface area contributed by atoms with Gasteiger partial charge in [0.15, 0.2) is 0 Å². The molecule has 4 nitrogen and oxygen atoms in total. The Morgan fingerprint density at radius 1 is 1.50 bits per heavy atom. The number of likely N-dealkylation sites (N-methyl/N-ethyl adjacent to an activating group) is 1. The van der Waals surface area contributed by atoms with Crippen LogP contribution in [0.4, 0.5) is 0 Å². The topological polar surface area (TPSA) is 43.8 Å². The first-order valence-electron chi connectivity index (χ1n) is 6.81. The van der Waals surface area contributed by atoms with E-state index >= 15 is 0 Å². The van der Waals surface area contributed by atoms with Gasteiger partial charge in [-0.3, -0.25) is 4.79 Å². The first-order valence-corrected chi connectivity index (χ1v) is 7.62. The average molecular weight is 292 g/mol. The predicted molar refractivity (Wildman–Crippen MR) is 80.9 cm³/mol. The molecule has 108 valence electrons. The molecule has 0 aliphatic carbocycles. The molecule has 1 amide bonds. The number of carbonyl (C=O) groups excluding carboxylic acids is 1. The Balaban J connectivity index is 2.11. The average Bonchev–Trinajstić information content (AvgIpc) is 2.82. The van der Waals surface area contributed by atoms with Crippen LogP contribution in [0.25, 0.3) is 0 Å². The van der Waals surface area contributed by atoms with Crippen LogP contribution in [0.5, 0.6) is 0 Å². The van der Waals surface area contributed by atoms with Crippen LogP contribution in [-0.4, -0.2) is 60.1 Å². The van der Waals surface area contributed by atoms with Crippen molar-refractivity contribution in [2.45, 2.75) is 19.4 Å². The second-order valence-electron chi connectivity index (χ2n) is 5.09. The maximum atomic E-state index is 12.6. The monoisotopic (exact) mass is 292 g/mol. The summed E-state index contributed by atoms with van der Waals surface area (Å²) in [4.78, 5) is 18.3. The van der Waals surface area contributed by atoms with Crippen LogP contribution < -0.4 is 0 Å². The van der Waals surface area contributed by atoms with Crippen molar-refractivity contribution in [3.05, 3.63) is 21.9 Å². The van der Waals surface area contributed by atoms with E-state index in [1.54, 1.807) is 0 Å². The summed E-state index contributed by atoms with van der Waals surface area (Å²) < 4.78 is 0. The third-order valence-corrected chi connectivity index (χ3v) is 4.40. The molecule has 1 aliphatic rings. The zero-order chi connectivity index (χ0) is 14.5. The Hall–Kier alpha value is -1.35. The molecule has 0 spiro atoms. The fraction of sp³-hybridized carbons (Fsp3) is 0.533. The Labute approximate surface area is 124 Å². The van der Waals surface area contributed by atoms with Crippen LogP contribution in [0.2, 0.25) is 0 Å². The Bertz CT molecular complexity index is 529. The van der Waals surface area contributed by atoms with Crippen molar-refractivity contribution in [3.8, 4) is 11.8 Å². The van der Waals surface area contributed by atoms with Crippen LogP contribution >= 0.6 is 11.3 Å². The number of amides is 1. The number of aliphatic hydroxyl groups excluding tert-OH is 1. The first-order chi connectivity index (χ1) is 9.61. The van der Waals surface area contributed by atoms with E-state index in [-0.39, 0.29) is 18.6 Å². The maximum absolute atomic E-state index is 12.6. The minimum Gasteiger partial charge on any atom is -0.384 e. The van der Waals surface area contributed by atoms with Gasteiger partial charge in [-0.1, -0.05) is 11.8 Å². The van der Waals surface area contributed by atoms with Crippen molar-refractivity contribution in [1.82, 2.24) is 9.80 Å². The highest BCUT2D eigenvalue weighted by molar-refractivity contribution is 7.14. The van der Waals surface area contributed by atoms with Crippen molar-refractivity contribution in [2.24, 2.45) is 0 Å². The van der Waals surface area contributed by atoms with Crippen molar-refractivity contribution in [1.29, 1.82) is 0 Å². The van der Waals surface area contributed by atoms with Crippen LogP contribution in [0.15, 0.2) is 12.1 Å². The summed E-state index contributed by atoms with van der Waals surface area (Å²) in [5, 5.41) is 8.69. The van der Waals surface area contributed by atoms with E-state index in [9.17, 15) is 4.79 Å². The molecule has 1 saturated heterocycles. The number of aliphatic hydroxyl groups is 1. The van der Waals surface area contributed by atoms with Crippen molar-refractivity contribution in [3.63, 3.8) is 0 Å². The molecule has 1 aromatic rings. The number of hydrogen-bond donors (Lipinski definition) is 1. The summed E-state index contributed by atoms with van der Waals surface area (Å²) in [6.07, 6.45) is 1.01. The maximum Gasteiger partial charge on any atom is 0.264 e. The molecule has 5 heteroatoms. The SMILES string of the molecule is CC1CN(C)CCCN1C(=O)c1ccc(C#CCO)s1. The minimum atomic E-state index is -0.156. The smallest absolute Gasteiger partial charge is 0.264 e. The van der Waals surface area contributed by atoms with E-state index in [0.29, 0.717) is 0 Å². The standard InChI is InChI=1S/C15H20N2O2S/c1-12-11-16(2)8-4-9-17(12)15(19)14-7-6-13(20-14)5-3-10-18/h6-7,12,18H,4,8-11H2,1-2H3. The van der Waals surface area contributed by atoms with E-state index in [1.165, 1.54) is 11.3 Å². The molecule has 0 saturated carbocycles. The first kappa shape index (κ1) is 15.0. The highest BCUT2D eigenvalue weighted by Crippen LogP contribution is 2.20. The Morgan fingerprint density at radius 3 is 3.05 bits per heavy atom. The molecule has 1 fully saturated rings. The van der Waals surface area contributed by atoms with Gasteiger partial charge >= 0.3 is 0 Å². The predicted octanol–water partition coefficient (Wildman–Crippen LogP) is 1.26. The molecule has 0 radical (unpaired) electrons. The minimum absolute atomic E-state index is 0.0925. The number of thiophene rings is 1. The largest absolute Gasteiger partial charge is 0.384 e. The molecule has 0 bridgehead atoms. The number of carbonyl (C=O) groups is 1. The van der Waals surface area contributed by atoms with Gasteiger partial charge in [0.25, 0.3) is 5.91 Å². The van der Waals surface area contributed by atoms with Crippen LogP contribution in [0.1, 0.15) is 27.9 Å². The summed E-state index contributed by atoms with van der Waals surface area (Å²) in [6, 6.07) is 3.90. The molecule has 2 heterocycles. The third-order valence-electron chi connectivity index (χ3n) is 3.42. The van der Waals surface area contributed by atoms with Gasteiger partial charge < -0.3 is 14.9 Å². The molecule has 1 atom stereocenters. The van der Waals surface area contributed by atoms with Gasteiger partial charge in [-0.15, -0.1) is 11.3 Å². The van der Waals surface area contributed by atoms with E-state index in [0.717, 1.165) is 35.8 Å². The highest BCUT2D eigenvalue weighted by atomic mass is 32.1. The molecular weight excluding hydrogens is 272 g/mol. The summed E-state index contributed by atoms with van der Waals surface area (Å²) in [5.41, 5.74) is 0. The molecule has 1 aliphatic heterocycles. The number of hydrogen-bond acceptors (Lipinski definition) is 4. The van der Waals surface area contributed by atoms with E-state index in [1.807, 2.05) is 17.0 Å². The van der Waals surface area contributed by atoms with Gasteiger partial charge in [-0.05, 0) is 39.1 Å². The van der Waals surface area contributed by atoms with Crippen molar-refractivity contribution in [2.75, 3.05) is 33.3 Å². The molecular formula is C15H20N2O2S. The Morgan fingerprint density at radius 2 is 2.30 bits per heavy atom. The Kier molecular flexibility index (Phi) is 5.18. The molecule has 0 aromatic carbocycles. The highest BCUT2D eigenvalue weighted by Gasteiger charge is 2.25. The zero-order valence-electron chi connectivity index (χ0n) is 11.9. The fourth-order valence-corrected chi connectivity index (χ4v) is 3.30. The fourth-order valence-electron chi connectivity index (χ4n) is 2.46. The molecule has 1 unspecified atom stereocenters. The summed E-state index contributed by atoms with van der Waals surface area (Å²) in [7, 11) is 2.10. The lowest BCUT2D eigenvalue weighted by Gasteiger charge is -2.27. The third kappa shape index (κ3) is 3.60. The molecule has 1 N–H and O–H groups in total. The molecule has 1 aromatic heterocycles. The lowest BCUT2D eigenvalue weighted by Crippen LogP contribution is -2.41. The summed E-state index contributed by atoms with van der Waals surface area (Å²) in [6.45, 7) is 4.69. The lowest BCUT2D eigenvalue weighted by atomic mass is 10.2. The normalized spacial score (nSPS) is 20.1. The second-order valence-corrected chi connectivity index (χ2v) is 6.17. The number of rotatable bonds is 1. The van der Waals surface area contributed by atoms with Gasteiger partial charge in [0.1, 0.15) is 6.61 Å².